The fourth-order valence-electron chi connectivity index (χ4n) is 3.59. The van der Waals surface area contributed by atoms with E-state index in [1.807, 2.05) is 49.4 Å². The molecule has 140 valence electrons. The zero-order valence-corrected chi connectivity index (χ0v) is 15.8. The van der Waals surface area contributed by atoms with E-state index in [9.17, 15) is 0 Å². The van der Waals surface area contributed by atoms with E-state index in [1.165, 1.54) is 5.56 Å². The lowest BCUT2D eigenvalue weighted by atomic mass is 10.0. The summed E-state index contributed by atoms with van der Waals surface area (Å²) in [4.78, 5) is 14.6. The zero-order chi connectivity index (χ0) is 18.6. The zero-order valence-electron chi connectivity index (χ0n) is 15.8. The second-order valence-electron chi connectivity index (χ2n) is 6.89. The minimum atomic E-state index is 0.505. The first kappa shape index (κ1) is 17.3. The molecule has 1 atom stereocenters. The van der Waals surface area contributed by atoms with Crippen LogP contribution in [0.3, 0.4) is 0 Å². The number of aryl methyl sites for hydroxylation is 1. The average molecular weight is 363 g/mol. The number of imidazole rings is 1. The van der Waals surface area contributed by atoms with Gasteiger partial charge >= 0.3 is 0 Å². The quantitative estimate of drug-likeness (QED) is 0.551. The Kier molecular flexibility index (Phi) is 4.91. The molecule has 0 spiro atoms. The van der Waals surface area contributed by atoms with Gasteiger partial charge in [0.25, 0.3) is 0 Å². The third kappa shape index (κ3) is 3.86. The van der Waals surface area contributed by atoms with E-state index < -0.39 is 0 Å². The molecule has 1 fully saturated rings. The van der Waals surface area contributed by atoms with Gasteiger partial charge in [-0.05, 0) is 17.5 Å². The fraction of sp³-hybridized carbons (Fsp3) is 0.350. The van der Waals surface area contributed by atoms with Crippen LogP contribution in [0.15, 0.2) is 53.9 Å². The summed E-state index contributed by atoms with van der Waals surface area (Å²) in [6.07, 6.45) is 7.07. The predicted octanol–water partition coefficient (Wildman–Crippen LogP) is 2.38. The number of aromatic amines is 1. The second-order valence-corrected chi connectivity index (χ2v) is 6.89. The first-order chi connectivity index (χ1) is 13.2. The normalized spacial score (nSPS) is 17.5. The monoisotopic (exact) mass is 363 g/mol. The van der Waals surface area contributed by atoms with E-state index in [0.717, 1.165) is 42.6 Å². The molecule has 2 aromatic heterocycles. The molecule has 1 aliphatic rings. The van der Waals surface area contributed by atoms with Gasteiger partial charge in [0.15, 0.2) is 5.96 Å². The number of guanidine groups is 1. The highest BCUT2D eigenvalue weighted by Gasteiger charge is 2.26. The van der Waals surface area contributed by atoms with Crippen LogP contribution in [0.25, 0.3) is 11.3 Å². The number of nitrogens with one attached hydrogen (secondary N) is 2. The Labute approximate surface area is 159 Å². The van der Waals surface area contributed by atoms with E-state index in [1.54, 1.807) is 0 Å². The van der Waals surface area contributed by atoms with Crippen molar-refractivity contribution in [3.05, 3.63) is 60.3 Å². The first-order valence-corrected chi connectivity index (χ1v) is 9.26. The van der Waals surface area contributed by atoms with Crippen LogP contribution in [-0.4, -0.2) is 50.7 Å². The molecule has 7 heteroatoms. The maximum Gasteiger partial charge on any atom is 0.194 e. The molecule has 0 aliphatic carbocycles. The summed E-state index contributed by atoms with van der Waals surface area (Å²) in [6, 6.07) is 10.2. The SMILES string of the molecule is CN=C(NCc1ncc(-c2ccccc2)[nH]1)N1CCC(c2cnn(C)c2)C1. The van der Waals surface area contributed by atoms with Gasteiger partial charge in [-0.2, -0.15) is 5.10 Å². The number of hydrogen-bond acceptors (Lipinski definition) is 3. The van der Waals surface area contributed by atoms with E-state index in [0.29, 0.717) is 12.5 Å². The molecule has 1 saturated heterocycles. The summed E-state index contributed by atoms with van der Waals surface area (Å²) < 4.78 is 1.87. The molecular formula is C20H25N7. The molecule has 1 aliphatic heterocycles. The summed E-state index contributed by atoms with van der Waals surface area (Å²) in [6.45, 7) is 2.57. The van der Waals surface area contributed by atoms with Gasteiger partial charge in [-0.3, -0.25) is 9.67 Å². The number of aromatic nitrogens is 4. The van der Waals surface area contributed by atoms with Gasteiger partial charge in [0.05, 0.1) is 24.6 Å². The summed E-state index contributed by atoms with van der Waals surface area (Å²) in [5.41, 5.74) is 3.47. The van der Waals surface area contributed by atoms with Gasteiger partial charge in [0.2, 0.25) is 0 Å². The Balaban J connectivity index is 1.36. The Morgan fingerprint density at radius 2 is 2.15 bits per heavy atom. The van der Waals surface area contributed by atoms with Crippen molar-refractivity contribution in [3.63, 3.8) is 0 Å². The van der Waals surface area contributed by atoms with E-state index in [4.69, 9.17) is 0 Å². The average Bonchev–Trinajstić information content (AvgIpc) is 3.44. The van der Waals surface area contributed by atoms with Gasteiger partial charge in [-0.15, -0.1) is 0 Å². The Morgan fingerprint density at radius 3 is 2.89 bits per heavy atom. The lowest BCUT2D eigenvalue weighted by Gasteiger charge is -2.21. The van der Waals surface area contributed by atoms with Gasteiger partial charge in [0, 0.05) is 39.3 Å². The Bertz CT molecular complexity index is 909. The molecule has 3 heterocycles. The number of rotatable bonds is 4. The number of nitrogens with zero attached hydrogens (tertiary/aromatic N) is 5. The van der Waals surface area contributed by atoms with Crippen molar-refractivity contribution in [3.8, 4) is 11.3 Å². The van der Waals surface area contributed by atoms with Crippen LogP contribution in [0.2, 0.25) is 0 Å². The summed E-state index contributed by atoms with van der Waals surface area (Å²) in [5, 5.41) is 7.73. The van der Waals surface area contributed by atoms with Crippen molar-refractivity contribution in [1.82, 2.24) is 30.0 Å². The third-order valence-electron chi connectivity index (χ3n) is 5.02. The maximum absolute atomic E-state index is 4.49. The van der Waals surface area contributed by atoms with Gasteiger partial charge in [-0.1, -0.05) is 30.3 Å². The molecule has 2 N–H and O–H groups in total. The molecule has 4 rings (SSSR count). The smallest absolute Gasteiger partial charge is 0.194 e. The van der Waals surface area contributed by atoms with E-state index in [-0.39, 0.29) is 0 Å². The summed E-state index contributed by atoms with van der Waals surface area (Å²) in [5.74, 6) is 2.32. The first-order valence-electron chi connectivity index (χ1n) is 9.26. The molecule has 1 unspecified atom stereocenters. The highest BCUT2D eigenvalue weighted by molar-refractivity contribution is 5.80. The Morgan fingerprint density at radius 1 is 1.30 bits per heavy atom. The number of H-pyrrole nitrogens is 1. The molecule has 3 aromatic rings. The van der Waals surface area contributed by atoms with Crippen molar-refractivity contribution in [2.24, 2.45) is 12.0 Å². The lowest BCUT2D eigenvalue weighted by molar-refractivity contribution is 0.484. The molecular weight excluding hydrogens is 338 g/mol. The highest BCUT2D eigenvalue weighted by Crippen LogP contribution is 2.26. The minimum Gasteiger partial charge on any atom is -0.349 e. The molecule has 0 saturated carbocycles. The van der Waals surface area contributed by atoms with E-state index in [2.05, 4.69) is 48.6 Å². The molecule has 0 bridgehead atoms. The topological polar surface area (TPSA) is 74.1 Å². The van der Waals surface area contributed by atoms with Crippen molar-refractivity contribution in [1.29, 1.82) is 0 Å². The number of likely N-dealkylation sites (tertiary alicyclic amines) is 1. The number of hydrogen-bond donors (Lipinski definition) is 2. The van der Waals surface area contributed by atoms with Crippen LogP contribution in [-0.2, 0) is 13.6 Å². The molecule has 1 aromatic carbocycles. The molecule has 27 heavy (non-hydrogen) atoms. The summed E-state index contributed by atoms with van der Waals surface area (Å²) >= 11 is 0. The van der Waals surface area contributed by atoms with Crippen LogP contribution in [0, 0.1) is 0 Å². The number of benzene rings is 1. The van der Waals surface area contributed by atoms with Crippen LogP contribution in [0.1, 0.15) is 23.7 Å². The van der Waals surface area contributed by atoms with Gasteiger partial charge in [-0.25, -0.2) is 4.98 Å². The molecule has 0 amide bonds. The second kappa shape index (κ2) is 7.65. The minimum absolute atomic E-state index is 0.505. The van der Waals surface area contributed by atoms with Crippen molar-refractivity contribution < 1.29 is 0 Å². The largest absolute Gasteiger partial charge is 0.349 e. The lowest BCUT2D eigenvalue weighted by Crippen LogP contribution is -2.39. The molecule has 0 radical (unpaired) electrons. The highest BCUT2D eigenvalue weighted by atomic mass is 15.3. The number of aliphatic imine (C=N–C) groups is 1. The van der Waals surface area contributed by atoms with Crippen molar-refractivity contribution in [2.45, 2.75) is 18.9 Å². The van der Waals surface area contributed by atoms with Crippen LogP contribution < -0.4 is 5.32 Å². The van der Waals surface area contributed by atoms with Crippen molar-refractivity contribution >= 4 is 5.96 Å². The summed E-state index contributed by atoms with van der Waals surface area (Å²) in [7, 11) is 3.79. The fourth-order valence-corrected chi connectivity index (χ4v) is 3.59. The van der Waals surface area contributed by atoms with Crippen LogP contribution >= 0.6 is 0 Å². The molecule has 7 nitrogen and oxygen atoms in total. The maximum atomic E-state index is 4.49. The Hall–Kier alpha value is -3.09. The predicted molar refractivity (Wildman–Crippen MR) is 106 cm³/mol. The van der Waals surface area contributed by atoms with Crippen LogP contribution in [0.5, 0.6) is 0 Å². The standard InChI is InChI=1S/C20H25N7/c1-21-20(27-9-8-16(14-27)17-10-24-26(2)13-17)23-12-19-22-11-18(25-19)15-6-4-3-5-7-15/h3-7,10-11,13,16H,8-9,12,14H2,1-2H3,(H,21,23)(H,22,25). The van der Waals surface area contributed by atoms with Gasteiger partial charge in [0.1, 0.15) is 5.82 Å². The van der Waals surface area contributed by atoms with Gasteiger partial charge < -0.3 is 15.2 Å². The van der Waals surface area contributed by atoms with E-state index >= 15 is 0 Å². The third-order valence-corrected chi connectivity index (χ3v) is 5.02. The van der Waals surface area contributed by atoms with Crippen LogP contribution in [0.4, 0.5) is 0 Å². The van der Waals surface area contributed by atoms with Crippen molar-refractivity contribution in [2.75, 3.05) is 20.1 Å².